The highest BCUT2D eigenvalue weighted by Crippen LogP contribution is 2.35. The van der Waals surface area contributed by atoms with Gasteiger partial charge in [0.05, 0.1) is 17.1 Å². The predicted octanol–water partition coefficient (Wildman–Crippen LogP) is 5.65. The van der Waals surface area contributed by atoms with Crippen LogP contribution in [0, 0.1) is 6.92 Å². The van der Waals surface area contributed by atoms with Crippen molar-refractivity contribution in [3.63, 3.8) is 0 Å². The zero-order valence-electron chi connectivity index (χ0n) is 24.8. The van der Waals surface area contributed by atoms with Crippen LogP contribution in [0.2, 0.25) is 0 Å². The number of amides is 1. The number of nitrogens with zero attached hydrogens (tertiary/aromatic N) is 3. The van der Waals surface area contributed by atoms with Crippen molar-refractivity contribution in [2.45, 2.75) is 44.5 Å². The van der Waals surface area contributed by atoms with E-state index in [2.05, 4.69) is 15.0 Å². The molecule has 44 heavy (non-hydrogen) atoms. The van der Waals surface area contributed by atoms with E-state index in [0.29, 0.717) is 27.7 Å². The third-order valence-corrected chi connectivity index (χ3v) is 7.32. The number of nitrogens with two attached hydrogens (primary N) is 2. The number of carbonyl (C=O) groups excluding carboxylic acids is 1. The SMILES string of the molecule is Cc1nc(C(=O)NC(C)(C)C)cn1-c1ccc(-c2cccc(S(C)=O)c2)cc1N(N)/C(=C\N)c1ccc(OC(F)(F)F)cc1. The van der Waals surface area contributed by atoms with E-state index in [1.165, 1.54) is 23.3 Å². The van der Waals surface area contributed by atoms with Crippen LogP contribution in [-0.2, 0) is 10.8 Å². The molecule has 1 atom stereocenters. The normalized spacial score (nSPS) is 13.0. The topological polar surface area (TPSA) is 128 Å². The van der Waals surface area contributed by atoms with Crippen molar-refractivity contribution in [1.29, 1.82) is 0 Å². The van der Waals surface area contributed by atoms with Crippen molar-refractivity contribution in [3.8, 4) is 22.6 Å². The number of aryl methyl sites for hydroxylation is 1. The first-order valence-electron chi connectivity index (χ1n) is 13.4. The van der Waals surface area contributed by atoms with Crippen LogP contribution in [0.5, 0.6) is 5.75 Å². The summed E-state index contributed by atoms with van der Waals surface area (Å²) in [5.41, 5.74) is 8.90. The Morgan fingerprint density at radius 3 is 2.30 bits per heavy atom. The molecule has 0 saturated carbocycles. The molecule has 0 saturated heterocycles. The Labute approximate surface area is 255 Å². The van der Waals surface area contributed by atoms with Gasteiger partial charge < -0.3 is 20.4 Å². The molecule has 4 aromatic rings. The number of hydrogen-bond donors (Lipinski definition) is 3. The molecule has 0 radical (unpaired) electrons. The molecule has 1 amide bonds. The standard InChI is InChI=1S/C31H33F3N6O3S/c1-19-37-25(29(41)38-30(2,3)4)18-39(19)26-14-11-22(21-7-6-8-24(15-21)44(5)42)16-27(26)40(36)28(17-35)20-9-12-23(13-10-20)43-31(32,33)34/h6-18H,35-36H2,1-5H3,(H,38,41)/b28-17-. The lowest BCUT2D eigenvalue weighted by Gasteiger charge is -2.26. The van der Waals surface area contributed by atoms with E-state index < -0.39 is 28.5 Å². The Hall–Kier alpha value is -4.62. The van der Waals surface area contributed by atoms with E-state index in [1.54, 1.807) is 48.2 Å². The van der Waals surface area contributed by atoms with E-state index in [1.807, 2.05) is 39.0 Å². The zero-order valence-corrected chi connectivity index (χ0v) is 25.6. The number of ether oxygens (including phenoxy) is 1. The summed E-state index contributed by atoms with van der Waals surface area (Å²) in [6.45, 7) is 7.34. The number of carbonyl (C=O) groups is 1. The van der Waals surface area contributed by atoms with Crippen LogP contribution in [0.25, 0.3) is 22.5 Å². The summed E-state index contributed by atoms with van der Waals surface area (Å²) in [7, 11) is -1.21. The monoisotopic (exact) mass is 626 g/mol. The minimum absolute atomic E-state index is 0.198. The number of aromatic nitrogens is 2. The smallest absolute Gasteiger partial charge is 0.406 e. The molecule has 5 N–H and O–H groups in total. The molecule has 13 heteroatoms. The minimum Gasteiger partial charge on any atom is -0.406 e. The number of hydrazine groups is 1. The van der Waals surface area contributed by atoms with Gasteiger partial charge in [-0.3, -0.25) is 14.0 Å². The maximum Gasteiger partial charge on any atom is 0.573 e. The zero-order chi connectivity index (χ0) is 32.4. The van der Waals surface area contributed by atoms with Gasteiger partial charge in [0.2, 0.25) is 0 Å². The molecule has 3 aromatic carbocycles. The Morgan fingerprint density at radius 1 is 1.05 bits per heavy atom. The van der Waals surface area contributed by atoms with Gasteiger partial charge in [0, 0.05) is 45.4 Å². The lowest BCUT2D eigenvalue weighted by atomic mass is 10.0. The molecule has 0 aliphatic carbocycles. The summed E-state index contributed by atoms with van der Waals surface area (Å²) in [5, 5.41) is 4.20. The Bertz CT molecular complexity index is 1730. The molecular formula is C31H33F3N6O3S. The molecule has 0 bridgehead atoms. The van der Waals surface area contributed by atoms with Gasteiger partial charge in [0.1, 0.15) is 17.3 Å². The minimum atomic E-state index is -4.84. The Balaban J connectivity index is 1.83. The summed E-state index contributed by atoms with van der Waals surface area (Å²) < 4.78 is 56.0. The molecule has 232 valence electrons. The Kier molecular flexibility index (Phi) is 9.21. The molecule has 1 heterocycles. The third-order valence-electron chi connectivity index (χ3n) is 6.40. The van der Waals surface area contributed by atoms with E-state index in [0.717, 1.165) is 23.3 Å². The number of rotatable bonds is 8. The van der Waals surface area contributed by atoms with Crippen molar-refractivity contribution in [1.82, 2.24) is 14.9 Å². The van der Waals surface area contributed by atoms with Gasteiger partial charge >= 0.3 is 6.36 Å². The fourth-order valence-corrected chi connectivity index (χ4v) is 5.02. The second-order valence-electron chi connectivity index (χ2n) is 10.9. The fourth-order valence-electron chi connectivity index (χ4n) is 4.46. The lowest BCUT2D eigenvalue weighted by Crippen LogP contribution is -2.40. The molecule has 0 aliphatic heterocycles. The molecule has 4 rings (SSSR count). The number of hydrogen-bond acceptors (Lipinski definition) is 7. The van der Waals surface area contributed by atoms with Crippen molar-refractivity contribution in [2.75, 3.05) is 11.3 Å². The van der Waals surface area contributed by atoms with Gasteiger partial charge in [-0.15, -0.1) is 13.2 Å². The van der Waals surface area contributed by atoms with E-state index >= 15 is 0 Å². The first kappa shape index (κ1) is 32.3. The van der Waals surface area contributed by atoms with Crippen LogP contribution in [0.15, 0.2) is 84.0 Å². The summed E-state index contributed by atoms with van der Waals surface area (Å²) in [6.07, 6.45) is -0.414. The summed E-state index contributed by atoms with van der Waals surface area (Å²) in [5.74, 6) is 6.45. The van der Waals surface area contributed by atoms with Crippen LogP contribution in [0.3, 0.4) is 0 Å². The first-order valence-corrected chi connectivity index (χ1v) is 14.9. The predicted molar refractivity (Wildman–Crippen MR) is 165 cm³/mol. The largest absolute Gasteiger partial charge is 0.573 e. The number of nitrogens with one attached hydrogen (secondary N) is 1. The van der Waals surface area contributed by atoms with Crippen molar-refractivity contribution in [3.05, 3.63) is 96.2 Å². The molecule has 0 fully saturated rings. The van der Waals surface area contributed by atoms with Gasteiger partial charge in [-0.1, -0.05) is 18.2 Å². The highest BCUT2D eigenvalue weighted by molar-refractivity contribution is 7.84. The van der Waals surface area contributed by atoms with Crippen LogP contribution in [-0.4, -0.2) is 37.8 Å². The number of benzene rings is 3. The van der Waals surface area contributed by atoms with Crippen molar-refractivity contribution < 1.29 is 26.9 Å². The van der Waals surface area contributed by atoms with E-state index in [9.17, 15) is 22.2 Å². The van der Waals surface area contributed by atoms with Crippen molar-refractivity contribution >= 4 is 28.1 Å². The molecular weight excluding hydrogens is 593 g/mol. The average Bonchev–Trinajstić information content (AvgIpc) is 3.34. The van der Waals surface area contributed by atoms with Crippen LogP contribution < -0.4 is 26.6 Å². The summed E-state index contributed by atoms with van der Waals surface area (Å²) in [6, 6.07) is 17.8. The van der Waals surface area contributed by atoms with Gasteiger partial charge in [0.15, 0.2) is 0 Å². The summed E-state index contributed by atoms with van der Waals surface area (Å²) >= 11 is 0. The van der Waals surface area contributed by atoms with Gasteiger partial charge in [-0.2, -0.15) is 0 Å². The molecule has 1 aromatic heterocycles. The van der Waals surface area contributed by atoms with Gasteiger partial charge in [-0.25, -0.2) is 10.8 Å². The van der Waals surface area contributed by atoms with Crippen LogP contribution >= 0.6 is 0 Å². The van der Waals surface area contributed by atoms with Crippen LogP contribution in [0.1, 0.15) is 42.6 Å². The molecule has 0 spiro atoms. The average molecular weight is 627 g/mol. The number of alkyl halides is 3. The number of anilines is 1. The molecule has 9 nitrogen and oxygen atoms in total. The highest BCUT2D eigenvalue weighted by atomic mass is 32.2. The maximum atomic E-state index is 12.9. The Morgan fingerprint density at radius 2 is 1.70 bits per heavy atom. The first-order chi connectivity index (χ1) is 20.6. The van der Waals surface area contributed by atoms with Gasteiger partial charge in [-0.05, 0) is 87.4 Å². The number of imidazole rings is 1. The van der Waals surface area contributed by atoms with Crippen LogP contribution in [0.4, 0.5) is 18.9 Å². The quantitative estimate of drug-likeness (QED) is 0.170. The second-order valence-corrected chi connectivity index (χ2v) is 12.3. The van der Waals surface area contributed by atoms with Gasteiger partial charge in [0.25, 0.3) is 5.91 Å². The van der Waals surface area contributed by atoms with E-state index in [-0.39, 0.29) is 17.3 Å². The lowest BCUT2D eigenvalue weighted by molar-refractivity contribution is -0.274. The van der Waals surface area contributed by atoms with Crippen molar-refractivity contribution in [2.24, 2.45) is 11.6 Å². The summed E-state index contributed by atoms with van der Waals surface area (Å²) in [4.78, 5) is 18.0. The van der Waals surface area contributed by atoms with E-state index in [4.69, 9.17) is 11.6 Å². The fraction of sp³-hybridized carbons (Fsp3) is 0.226. The maximum absolute atomic E-state index is 12.9. The molecule has 1 unspecified atom stereocenters. The molecule has 0 aliphatic rings. The highest BCUT2D eigenvalue weighted by Gasteiger charge is 2.31. The third kappa shape index (κ3) is 7.66. The number of halogens is 3. The second kappa shape index (κ2) is 12.5.